The number of carbonyl (C=O) groups excluding carboxylic acids is 2. The Kier molecular flexibility index (Phi) is 9.98. The first-order valence-corrected chi connectivity index (χ1v) is 8.91. The van der Waals surface area contributed by atoms with Crippen molar-refractivity contribution in [2.75, 3.05) is 32.7 Å². The summed E-state index contributed by atoms with van der Waals surface area (Å²) in [4.78, 5) is 22.7. The SMILES string of the molecule is COc1nnc(NC(=O)N(C)C(C)C2OCCCCO2)s1.O=C(Cl)Cl. The molecule has 1 fully saturated rings. The molecule has 25 heavy (non-hydrogen) atoms. The van der Waals surface area contributed by atoms with Crippen molar-refractivity contribution in [3.05, 3.63) is 0 Å². The molecular formula is C13H20Cl2N4O5S. The van der Waals surface area contributed by atoms with Crippen molar-refractivity contribution >= 4 is 50.4 Å². The van der Waals surface area contributed by atoms with Gasteiger partial charge < -0.3 is 19.1 Å². The zero-order valence-corrected chi connectivity index (χ0v) is 16.4. The Morgan fingerprint density at radius 1 is 1.32 bits per heavy atom. The highest BCUT2D eigenvalue weighted by Gasteiger charge is 2.27. The van der Waals surface area contributed by atoms with Crippen LogP contribution in [-0.4, -0.2) is 65.5 Å². The number of urea groups is 1. The van der Waals surface area contributed by atoms with E-state index in [1.165, 1.54) is 12.0 Å². The number of ether oxygens (including phenoxy) is 3. The van der Waals surface area contributed by atoms with Crippen molar-refractivity contribution < 1.29 is 23.8 Å². The van der Waals surface area contributed by atoms with Crippen LogP contribution in [0.15, 0.2) is 0 Å². The highest BCUT2D eigenvalue weighted by Crippen LogP contribution is 2.22. The minimum Gasteiger partial charge on any atom is -0.472 e. The molecule has 12 heteroatoms. The maximum atomic E-state index is 12.2. The fourth-order valence-electron chi connectivity index (χ4n) is 1.82. The van der Waals surface area contributed by atoms with E-state index in [1.54, 1.807) is 7.05 Å². The van der Waals surface area contributed by atoms with E-state index in [4.69, 9.17) is 19.0 Å². The maximum Gasteiger partial charge on any atom is 0.323 e. The standard InChI is InChI=1S/C12H20N4O4S.CCl2O/c1-8(9-19-6-4-5-7-20-9)16(2)11(17)13-10-14-15-12(18-3)21-10;2-1(3)4/h8-9H,4-7H2,1-3H3,(H,13,14,17);. The minimum atomic E-state index is -0.889. The Labute approximate surface area is 159 Å². The topological polar surface area (TPSA) is 103 Å². The van der Waals surface area contributed by atoms with Crippen LogP contribution in [-0.2, 0) is 9.47 Å². The highest BCUT2D eigenvalue weighted by atomic mass is 35.5. The molecule has 1 saturated heterocycles. The van der Waals surface area contributed by atoms with Gasteiger partial charge in [-0.3, -0.25) is 10.1 Å². The summed E-state index contributed by atoms with van der Waals surface area (Å²) in [6, 6.07) is -0.504. The van der Waals surface area contributed by atoms with Gasteiger partial charge in [-0.05, 0) is 54.3 Å². The number of likely N-dealkylation sites (N-methyl/N-ethyl adjacent to an activating group) is 1. The number of nitrogens with zero attached hydrogens (tertiary/aromatic N) is 3. The number of anilines is 1. The smallest absolute Gasteiger partial charge is 0.323 e. The molecule has 1 aliphatic heterocycles. The van der Waals surface area contributed by atoms with Crippen LogP contribution in [0.4, 0.5) is 14.7 Å². The molecular weight excluding hydrogens is 395 g/mol. The molecule has 9 nitrogen and oxygen atoms in total. The molecule has 1 unspecified atom stereocenters. The summed E-state index contributed by atoms with van der Waals surface area (Å²) >= 11 is 9.97. The molecule has 142 valence electrons. The van der Waals surface area contributed by atoms with Crippen LogP contribution in [0.2, 0.25) is 0 Å². The third-order valence-electron chi connectivity index (χ3n) is 3.22. The largest absolute Gasteiger partial charge is 0.472 e. The minimum absolute atomic E-state index is 0.210. The molecule has 1 atom stereocenters. The molecule has 0 aliphatic carbocycles. The number of hydrogen-bond acceptors (Lipinski definition) is 8. The first-order chi connectivity index (χ1) is 11.8. The fraction of sp³-hybridized carbons (Fsp3) is 0.692. The van der Waals surface area contributed by atoms with Gasteiger partial charge in [0.15, 0.2) is 6.29 Å². The van der Waals surface area contributed by atoms with Crippen molar-refractivity contribution in [1.29, 1.82) is 0 Å². The molecule has 0 saturated carbocycles. The van der Waals surface area contributed by atoms with Gasteiger partial charge in [0, 0.05) is 20.3 Å². The average molecular weight is 415 g/mol. The lowest BCUT2D eigenvalue weighted by atomic mass is 10.3. The molecule has 2 amide bonds. The van der Waals surface area contributed by atoms with E-state index in [0.717, 1.165) is 24.2 Å². The Morgan fingerprint density at radius 2 is 1.88 bits per heavy atom. The van der Waals surface area contributed by atoms with Crippen LogP contribution in [0, 0.1) is 0 Å². The number of amides is 2. The van der Waals surface area contributed by atoms with Gasteiger partial charge in [-0.2, -0.15) is 0 Å². The van der Waals surface area contributed by atoms with Gasteiger partial charge in [0.05, 0.1) is 13.2 Å². The molecule has 0 spiro atoms. The second-order valence-electron chi connectivity index (χ2n) is 4.90. The van der Waals surface area contributed by atoms with Crippen LogP contribution in [0.3, 0.4) is 0 Å². The predicted octanol–water partition coefficient (Wildman–Crippen LogP) is 3.14. The molecule has 2 rings (SSSR count). The lowest BCUT2D eigenvalue weighted by molar-refractivity contribution is -0.153. The fourth-order valence-corrected chi connectivity index (χ4v) is 2.37. The second-order valence-corrected chi connectivity index (χ2v) is 6.72. The van der Waals surface area contributed by atoms with Crippen LogP contribution in [0.1, 0.15) is 19.8 Å². The third-order valence-corrected chi connectivity index (χ3v) is 4.02. The second kappa shape index (κ2) is 11.4. The van der Waals surface area contributed by atoms with Gasteiger partial charge in [-0.25, -0.2) is 4.79 Å². The number of nitrogens with one attached hydrogen (secondary N) is 1. The number of carbonyl (C=O) groups is 2. The molecule has 1 aromatic heterocycles. The number of hydrogen-bond donors (Lipinski definition) is 1. The van der Waals surface area contributed by atoms with Crippen LogP contribution < -0.4 is 10.1 Å². The monoisotopic (exact) mass is 414 g/mol. The van der Waals surface area contributed by atoms with E-state index in [0.29, 0.717) is 23.5 Å². The maximum absolute atomic E-state index is 12.2. The normalized spacial score (nSPS) is 16.0. The quantitative estimate of drug-likeness (QED) is 0.754. The van der Waals surface area contributed by atoms with E-state index in [1.807, 2.05) is 6.92 Å². The summed E-state index contributed by atoms with van der Waals surface area (Å²) in [5.74, 6) is 0. The van der Waals surface area contributed by atoms with E-state index in [2.05, 4.69) is 38.7 Å². The van der Waals surface area contributed by atoms with Gasteiger partial charge in [0.1, 0.15) is 0 Å². The number of rotatable bonds is 4. The predicted molar refractivity (Wildman–Crippen MR) is 94.7 cm³/mol. The van der Waals surface area contributed by atoms with Gasteiger partial charge >= 0.3 is 10.7 Å². The molecule has 2 heterocycles. The van der Waals surface area contributed by atoms with Gasteiger partial charge in [0.25, 0.3) is 5.19 Å². The van der Waals surface area contributed by atoms with E-state index in [9.17, 15) is 4.79 Å². The average Bonchev–Trinajstić information content (AvgIpc) is 2.84. The summed E-state index contributed by atoms with van der Waals surface area (Å²) in [7, 11) is 3.19. The van der Waals surface area contributed by atoms with Gasteiger partial charge in [-0.1, -0.05) is 5.10 Å². The zero-order chi connectivity index (χ0) is 18.8. The molecule has 0 radical (unpaired) electrons. The van der Waals surface area contributed by atoms with Crippen molar-refractivity contribution in [2.24, 2.45) is 0 Å². The molecule has 0 aromatic carbocycles. The van der Waals surface area contributed by atoms with Crippen molar-refractivity contribution in [3.8, 4) is 5.19 Å². The first kappa shape index (κ1) is 21.8. The van der Waals surface area contributed by atoms with Crippen molar-refractivity contribution in [2.45, 2.75) is 32.1 Å². The number of halogens is 2. The van der Waals surface area contributed by atoms with Crippen LogP contribution >= 0.6 is 34.5 Å². The highest BCUT2D eigenvalue weighted by molar-refractivity contribution is 7.17. The lowest BCUT2D eigenvalue weighted by Crippen LogP contribution is -2.46. The number of methoxy groups -OCH3 is 1. The van der Waals surface area contributed by atoms with Crippen LogP contribution in [0.5, 0.6) is 5.19 Å². The van der Waals surface area contributed by atoms with E-state index >= 15 is 0 Å². The van der Waals surface area contributed by atoms with Gasteiger partial charge in [-0.15, -0.1) is 5.10 Å². The van der Waals surface area contributed by atoms with E-state index < -0.39 is 11.0 Å². The summed E-state index contributed by atoms with van der Waals surface area (Å²) in [6.45, 7) is 3.19. The molecule has 1 N–H and O–H groups in total. The van der Waals surface area contributed by atoms with Gasteiger partial charge in [0.2, 0.25) is 5.13 Å². The Bertz CT molecular complexity index is 550. The molecule has 1 aromatic rings. The lowest BCUT2D eigenvalue weighted by Gasteiger charge is -2.30. The Morgan fingerprint density at radius 3 is 2.36 bits per heavy atom. The Hall–Kier alpha value is -1.20. The van der Waals surface area contributed by atoms with E-state index in [-0.39, 0.29) is 12.1 Å². The van der Waals surface area contributed by atoms with Crippen molar-refractivity contribution in [1.82, 2.24) is 15.1 Å². The van der Waals surface area contributed by atoms with Crippen molar-refractivity contribution in [3.63, 3.8) is 0 Å². The summed E-state index contributed by atoms with van der Waals surface area (Å²) < 4.78 is 15.3. The summed E-state index contributed by atoms with van der Waals surface area (Å²) in [6.07, 6.45) is 1.54. The molecule has 0 bridgehead atoms. The number of aromatic nitrogens is 2. The first-order valence-electron chi connectivity index (χ1n) is 7.34. The third kappa shape index (κ3) is 8.15. The molecule has 1 aliphatic rings. The van der Waals surface area contributed by atoms with Crippen LogP contribution in [0.25, 0.3) is 0 Å². The summed E-state index contributed by atoms with van der Waals surface area (Å²) in [5, 5.41) is 11.0. The Balaban J connectivity index is 0.000000705. The summed E-state index contributed by atoms with van der Waals surface area (Å²) in [5.41, 5.74) is 0. The zero-order valence-electron chi connectivity index (χ0n) is 14.0.